The van der Waals surface area contributed by atoms with E-state index in [0.29, 0.717) is 37.4 Å². The van der Waals surface area contributed by atoms with Crippen molar-refractivity contribution in [2.75, 3.05) is 44.2 Å². The van der Waals surface area contributed by atoms with Gasteiger partial charge in [0.15, 0.2) is 0 Å². The number of hydrogen-bond donors (Lipinski definition) is 0. The summed E-state index contributed by atoms with van der Waals surface area (Å²) in [5.41, 5.74) is 1.67. The van der Waals surface area contributed by atoms with Crippen molar-refractivity contribution < 1.29 is 13.7 Å². The molecular formula is C20H22FN5O2. The number of amides is 1. The van der Waals surface area contributed by atoms with Crippen molar-refractivity contribution in [1.29, 1.82) is 5.26 Å². The highest BCUT2D eigenvalue weighted by atomic mass is 19.1. The van der Waals surface area contributed by atoms with Crippen molar-refractivity contribution in [1.82, 2.24) is 15.0 Å². The minimum Gasteiger partial charge on any atom is -0.368 e. The first-order valence-electron chi connectivity index (χ1n) is 9.49. The summed E-state index contributed by atoms with van der Waals surface area (Å²) in [5, 5.41) is 12.8. The molecule has 0 N–H and O–H groups in total. The van der Waals surface area contributed by atoms with E-state index in [1.165, 1.54) is 6.07 Å². The Kier molecular flexibility index (Phi) is 5.26. The number of carbonyl (C=O) groups is 1. The van der Waals surface area contributed by atoms with Crippen molar-refractivity contribution in [3.63, 3.8) is 0 Å². The number of rotatable bonds is 4. The van der Waals surface area contributed by atoms with Crippen molar-refractivity contribution in [2.24, 2.45) is 5.92 Å². The molecule has 0 aliphatic carbocycles. The van der Waals surface area contributed by atoms with Gasteiger partial charge in [0.1, 0.15) is 12.1 Å². The van der Waals surface area contributed by atoms with Gasteiger partial charge < -0.3 is 14.3 Å². The van der Waals surface area contributed by atoms with Crippen LogP contribution in [0.5, 0.6) is 0 Å². The topological polar surface area (TPSA) is 76.6 Å². The lowest BCUT2D eigenvalue weighted by molar-refractivity contribution is -0.136. The summed E-state index contributed by atoms with van der Waals surface area (Å²) in [4.78, 5) is 19.0. The zero-order valence-electron chi connectivity index (χ0n) is 15.6. The fraction of sp³-hybridized carbons (Fsp3) is 0.450. The van der Waals surface area contributed by atoms with Crippen LogP contribution >= 0.6 is 0 Å². The molecule has 3 heterocycles. The second-order valence-electron chi connectivity index (χ2n) is 7.30. The molecule has 4 rings (SSSR count). The molecule has 0 spiro atoms. The highest BCUT2D eigenvalue weighted by Crippen LogP contribution is 2.28. The molecule has 2 aliphatic rings. The van der Waals surface area contributed by atoms with Crippen LogP contribution in [-0.4, -0.2) is 60.1 Å². The molecule has 1 atom stereocenters. The van der Waals surface area contributed by atoms with E-state index in [2.05, 4.69) is 10.1 Å². The van der Waals surface area contributed by atoms with Gasteiger partial charge in [-0.3, -0.25) is 9.69 Å². The molecule has 7 nitrogen and oxygen atoms in total. The average molecular weight is 383 g/mol. The predicted octanol–water partition coefficient (Wildman–Crippen LogP) is 1.86. The maximum atomic E-state index is 14.3. The Balaban J connectivity index is 1.31. The SMILES string of the molecule is N#Cc1ccc(N2CCC(C(=O)N3CCN(Cc4ccon4)CC3)C2)c(F)c1. The van der Waals surface area contributed by atoms with Crippen LogP contribution in [0.1, 0.15) is 17.7 Å². The monoisotopic (exact) mass is 383 g/mol. The van der Waals surface area contributed by atoms with Gasteiger partial charge in [-0.05, 0) is 24.6 Å². The number of benzene rings is 1. The Morgan fingerprint density at radius 2 is 2.07 bits per heavy atom. The van der Waals surface area contributed by atoms with E-state index in [0.717, 1.165) is 31.7 Å². The summed E-state index contributed by atoms with van der Waals surface area (Å²) in [7, 11) is 0. The third-order valence-corrected chi connectivity index (χ3v) is 5.52. The van der Waals surface area contributed by atoms with Crippen LogP contribution in [0.15, 0.2) is 35.1 Å². The molecule has 0 saturated carbocycles. The van der Waals surface area contributed by atoms with E-state index in [1.807, 2.05) is 21.9 Å². The Labute approximate surface area is 162 Å². The van der Waals surface area contributed by atoms with Gasteiger partial charge in [0.05, 0.1) is 28.9 Å². The van der Waals surface area contributed by atoms with E-state index in [-0.39, 0.29) is 11.8 Å². The first kappa shape index (κ1) is 18.4. The van der Waals surface area contributed by atoms with Gasteiger partial charge in [-0.2, -0.15) is 5.26 Å². The number of nitriles is 1. The Bertz CT molecular complexity index is 871. The van der Waals surface area contributed by atoms with Crippen LogP contribution in [0.3, 0.4) is 0 Å². The largest absolute Gasteiger partial charge is 0.368 e. The Morgan fingerprint density at radius 3 is 2.75 bits per heavy atom. The van der Waals surface area contributed by atoms with Crippen molar-refractivity contribution >= 4 is 11.6 Å². The van der Waals surface area contributed by atoms with Gasteiger partial charge in [0.2, 0.25) is 5.91 Å². The maximum Gasteiger partial charge on any atom is 0.227 e. The second kappa shape index (κ2) is 7.98. The lowest BCUT2D eigenvalue weighted by Crippen LogP contribution is -2.50. The molecule has 8 heteroatoms. The van der Waals surface area contributed by atoms with Gasteiger partial charge in [-0.25, -0.2) is 4.39 Å². The Hall–Kier alpha value is -2.92. The Morgan fingerprint density at radius 1 is 1.25 bits per heavy atom. The molecule has 0 radical (unpaired) electrons. The first-order chi connectivity index (χ1) is 13.6. The smallest absolute Gasteiger partial charge is 0.227 e. The molecule has 2 fully saturated rings. The third-order valence-electron chi connectivity index (χ3n) is 5.52. The highest BCUT2D eigenvalue weighted by molar-refractivity contribution is 5.80. The van der Waals surface area contributed by atoms with Crippen molar-refractivity contribution in [3.8, 4) is 6.07 Å². The molecule has 1 amide bonds. The quantitative estimate of drug-likeness (QED) is 0.802. The van der Waals surface area contributed by atoms with Gasteiger partial charge in [-0.15, -0.1) is 0 Å². The summed E-state index contributed by atoms with van der Waals surface area (Å²) in [5.74, 6) is -0.372. The van der Waals surface area contributed by atoms with Gasteiger partial charge in [0, 0.05) is 51.9 Å². The summed E-state index contributed by atoms with van der Waals surface area (Å²) in [6.45, 7) is 4.88. The number of anilines is 1. The van der Waals surface area contributed by atoms with Crippen LogP contribution in [0.25, 0.3) is 0 Å². The van der Waals surface area contributed by atoms with E-state index >= 15 is 0 Å². The molecule has 1 aromatic heterocycles. The molecule has 146 valence electrons. The number of nitrogens with zero attached hydrogens (tertiary/aromatic N) is 5. The first-order valence-corrected chi connectivity index (χ1v) is 9.49. The molecule has 1 aromatic carbocycles. The minimum atomic E-state index is -0.409. The van der Waals surface area contributed by atoms with E-state index in [1.54, 1.807) is 18.4 Å². The summed E-state index contributed by atoms with van der Waals surface area (Å²) < 4.78 is 19.1. The number of halogens is 1. The van der Waals surface area contributed by atoms with Gasteiger partial charge in [0.25, 0.3) is 0 Å². The molecule has 1 unspecified atom stereocenters. The minimum absolute atomic E-state index is 0.114. The molecule has 2 aliphatic heterocycles. The van der Waals surface area contributed by atoms with E-state index in [9.17, 15) is 9.18 Å². The van der Waals surface area contributed by atoms with Crippen molar-refractivity contribution in [3.05, 3.63) is 47.6 Å². The zero-order valence-corrected chi connectivity index (χ0v) is 15.6. The van der Waals surface area contributed by atoms with E-state index in [4.69, 9.17) is 9.78 Å². The molecular weight excluding hydrogens is 361 g/mol. The van der Waals surface area contributed by atoms with Gasteiger partial charge >= 0.3 is 0 Å². The number of hydrogen-bond acceptors (Lipinski definition) is 6. The van der Waals surface area contributed by atoms with Crippen LogP contribution in [-0.2, 0) is 11.3 Å². The fourth-order valence-corrected chi connectivity index (χ4v) is 3.95. The summed E-state index contributed by atoms with van der Waals surface area (Å²) in [6, 6.07) is 8.28. The highest BCUT2D eigenvalue weighted by Gasteiger charge is 2.33. The normalized spacial score (nSPS) is 20.4. The van der Waals surface area contributed by atoms with Crippen LogP contribution < -0.4 is 4.90 Å². The zero-order chi connectivity index (χ0) is 19.5. The summed E-state index contributed by atoms with van der Waals surface area (Å²) >= 11 is 0. The lowest BCUT2D eigenvalue weighted by Gasteiger charge is -2.35. The number of piperazine rings is 1. The molecule has 2 saturated heterocycles. The second-order valence-corrected chi connectivity index (χ2v) is 7.30. The van der Waals surface area contributed by atoms with Crippen LogP contribution in [0, 0.1) is 23.1 Å². The van der Waals surface area contributed by atoms with Crippen LogP contribution in [0.2, 0.25) is 0 Å². The number of aromatic nitrogens is 1. The lowest BCUT2D eigenvalue weighted by atomic mass is 10.1. The van der Waals surface area contributed by atoms with E-state index < -0.39 is 5.82 Å². The predicted molar refractivity (Wildman–Crippen MR) is 99.8 cm³/mol. The van der Waals surface area contributed by atoms with Crippen molar-refractivity contribution in [2.45, 2.75) is 13.0 Å². The third kappa shape index (κ3) is 3.85. The summed E-state index contributed by atoms with van der Waals surface area (Å²) in [6.07, 6.45) is 2.29. The molecule has 28 heavy (non-hydrogen) atoms. The number of carbonyl (C=O) groups excluding carboxylic acids is 1. The fourth-order valence-electron chi connectivity index (χ4n) is 3.95. The standard InChI is InChI=1S/C20H22FN5O2/c21-18-11-15(12-22)1-2-19(18)26-5-3-16(13-26)20(27)25-8-6-24(7-9-25)14-17-4-10-28-23-17/h1-2,4,10-11,16H,3,5-9,13-14H2. The maximum absolute atomic E-state index is 14.3. The average Bonchev–Trinajstić information content (AvgIpc) is 3.40. The van der Waals surface area contributed by atoms with Crippen LogP contribution in [0.4, 0.5) is 10.1 Å². The van der Waals surface area contributed by atoms with Gasteiger partial charge in [-0.1, -0.05) is 5.16 Å². The molecule has 0 bridgehead atoms. The molecule has 2 aromatic rings.